The first-order valence-corrected chi connectivity index (χ1v) is 11.6. The first kappa shape index (κ1) is 23.0. The third-order valence-electron chi connectivity index (χ3n) is 5.52. The highest BCUT2D eigenvalue weighted by atomic mass is 32.2. The van der Waals surface area contributed by atoms with Crippen molar-refractivity contribution in [2.75, 3.05) is 26.2 Å². The molecule has 1 aliphatic rings. The second-order valence-electron chi connectivity index (χ2n) is 7.65. The summed E-state index contributed by atoms with van der Waals surface area (Å²) in [4.78, 5) is 14.0. The second kappa shape index (κ2) is 8.64. The van der Waals surface area contributed by atoms with Gasteiger partial charge in [-0.25, -0.2) is 13.1 Å². The average Bonchev–Trinajstić information content (AvgIpc) is 3.24. The maximum absolute atomic E-state index is 13.0. The van der Waals surface area contributed by atoms with Crippen LogP contribution in [0.25, 0.3) is 5.69 Å². The molecule has 0 spiro atoms. The standard InChI is InChI=1S/C22H21F3N4O3S/c1-16-9-10-26-29(16)19-7-5-17(6-8-19)21(30)27-11-13-28(14-12-27)33(31,32)20-4-2-3-18(15-20)22(23,24)25/h2-10,15H,11-14H2,1H3. The van der Waals surface area contributed by atoms with E-state index in [1.807, 2.05) is 13.0 Å². The number of hydrogen-bond donors (Lipinski definition) is 0. The smallest absolute Gasteiger partial charge is 0.336 e. The number of aromatic nitrogens is 2. The molecule has 1 saturated heterocycles. The van der Waals surface area contributed by atoms with Gasteiger partial charge in [-0.05, 0) is 55.5 Å². The van der Waals surface area contributed by atoms with Crippen molar-refractivity contribution in [2.45, 2.75) is 18.0 Å². The summed E-state index contributed by atoms with van der Waals surface area (Å²) in [5.74, 6) is -0.241. The number of amides is 1. The van der Waals surface area contributed by atoms with Gasteiger partial charge in [-0.15, -0.1) is 0 Å². The topological polar surface area (TPSA) is 75.5 Å². The highest BCUT2D eigenvalue weighted by Gasteiger charge is 2.34. The van der Waals surface area contributed by atoms with E-state index in [0.29, 0.717) is 11.6 Å². The molecule has 33 heavy (non-hydrogen) atoms. The number of alkyl halides is 3. The van der Waals surface area contributed by atoms with E-state index in [2.05, 4.69) is 5.10 Å². The summed E-state index contributed by atoms with van der Waals surface area (Å²) in [7, 11) is -4.11. The van der Waals surface area contributed by atoms with Gasteiger partial charge < -0.3 is 4.90 Å². The van der Waals surface area contributed by atoms with E-state index in [1.165, 1.54) is 4.90 Å². The summed E-state index contributed by atoms with van der Waals surface area (Å²) in [6.45, 7) is 2.18. The molecule has 11 heteroatoms. The summed E-state index contributed by atoms with van der Waals surface area (Å²) in [6.07, 6.45) is -2.95. The fourth-order valence-electron chi connectivity index (χ4n) is 3.68. The first-order valence-electron chi connectivity index (χ1n) is 10.1. The van der Waals surface area contributed by atoms with Gasteiger partial charge in [0.15, 0.2) is 0 Å². The lowest BCUT2D eigenvalue weighted by molar-refractivity contribution is -0.137. The number of carbonyl (C=O) groups excluding carboxylic acids is 1. The molecular weight excluding hydrogens is 457 g/mol. The Morgan fingerprint density at radius 2 is 1.64 bits per heavy atom. The lowest BCUT2D eigenvalue weighted by Crippen LogP contribution is -2.50. The van der Waals surface area contributed by atoms with Crippen LogP contribution in [-0.4, -0.2) is 59.5 Å². The van der Waals surface area contributed by atoms with Gasteiger partial charge in [0.2, 0.25) is 10.0 Å². The maximum atomic E-state index is 13.0. The van der Waals surface area contributed by atoms with Crippen molar-refractivity contribution in [3.8, 4) is 5.69 Å². The van der Waals surface area contributed by atoms with Crippen LogP contribution in [0, 0.1) is 6.92 Å². The van der Waals surface area contributed by atoms with Crippen LogP contribution in [0.5, 0.6) is 0 Å². The molecule has 2 heterocycles. The molecule has 3 aromatic rings. The van der Waals surface area contributed by atoms with Gasteiger partial charge in [-0.3, -0.25) is 4.79 Å². The Morgan fingerprint density at radius 1 is 0.970 bits per heavy atom. The number of sulfonamides is 1. The number of aryl methyl sites for hydroxylation is 1. The highest BCUT2D eigenvalue weighted by Crippen LogP contribution is 2.31. The van der Waals surface area contributed by atoms with Crippen LogP contribution < -0.4 is 0 Å². The Bertz CT molecular complexity index is 1260. The minimum atomic E-state index is -4.64. The number of hydrogen-bond acceptors (Lipinski definition) is 4. The number of benzene rings is 2. The Hall–Kier alpha value is -3.18. The molecule has 174 valence electrons. The van der Waals surface area contributed by atoms with Crippen molar-refractivity contribution in [2.24, 2.45) is 0 Å². The molecule has 0 saturated carbocycles. The van der Waals surface area contributed by atoms with Crippen LogP contribution in [0.3, 0.4) is 0 Å². The van der Waals surface area contributed by atoms with E-state index in [4.69, 9.17) is 0 Å². The zero-order valence-corrected chi connectivity index (χ0v) is 18.5. The van der Waals surface area contributed by atoms with E-state index in [9.17, 15) is 26.4 Å². The molecule has 0 aliphatic carbocycles. The van der Waals surface area contributed by atoms with Crippen LogP contribution in [0.2, 0.25) is 0 Å². The molecule has 0 unspecified atom stereocenters. The number of piperazine rings is 1. The van der Waals surface area contributed by atoms with Gasteiger partial charge in [-0.2, -0.15) is 22.6 Å². The lowest BCUT2D eigenvalue weighted by Gasteiger charge is -2.34. The highest BCUT2D eigenvalue weighted by molar-refractivity contribution is 7.89. The predicted octanol–water partition coefficient (Wildman–Crippen LogP) is 3.35. The summed E-state index contributed by atoms with van der Waals surface area (Å²) in [5.41, 5.74) is 1.20. The van der Waals surface area contributed by atoms with Gasteiger partial charge in [-0.1, -0.05) is 6.07 Å². The van der Waals surface area contributed by atoms with E-state index in [-0.39, 0.29) is 32.1 Å². The summed E-state index contributed by atoms with van der Waals surface area (Å²) < 4.78 is 67.4. The van der Waals surface area contributed by atoms with Gasteiger partial charge in [0, 0.05) is 43.6 Å². The molecule has 0 bridgehead atoms. The largest absolute Gasteiger partial charge is 0.416 e. The van der Waals surface area contributed by atoms with Crippen LogP contribution in [0.4, 0.5) is 13.2 Å². The Kier molecular flexibility index (Phi) is 6.02. The minimum absolute atomic E-state index is 0.00508. The second-order valence-corrected chi connectivity index (χ2v) is 9.59. The SMILES string of the molecule is Cc1ccnn1-c1ccc(C(=O)N2CCN(S(=O)(=O)c3cccc(C(F)(F)F)c3)CC2)cc1. The van der Waals surface area contributed by atoms with Crippen LogP contribution in [0.15, 0.2) is 65.7 Å². The number of nitrogens with zero attached hydrogens (tertiary/aromatic N) is 4. The van der Waals surface area contributed by atoms with Crippen molar-refractivity contribution in [1.82, 2.24) is 19.0 Å². The molecule has 0 radical (unpaired) electrons. The molecule has 1 fully saturated rings. The molecule has 2 aromatic carbocycles. The van der Waals surface area contributed by atoms with Gasteiger partial charge >= 0.3 is 6.18 Å². The third-order valence-corrected chi connectivity index (χ3v) is 7.41. The van der Waals surface area contributed by atoms with Gasteiger partial charge in [0.05, 0.1) is 16.1 Å². The predicted molar refractivity (Wildman–Crippen MR) is 114 cm³/mol. The van der Waals surface area contributed by atoms with E-state index in [0.717, 1.165) is 33.9 Å². The van der Waals surface area contributed by atoms with Crippen molar-refractivity contribution >= 4 is 15.9 Å². The van der Waals surface area contributed by atoms with E-state index in [1.54, 1.807) is 35.1 Å². The van der Waals surface area contributed by atoms with Gasteiger partial charge in [0.25, 0.3) is 5.91 Å². The monoisotopic (exact) mass is 478 g/mol. The Morgan fingerprint density at radius 3 is 2.21 bits per heavy atom. The van der Waals surface area contributed by atoms with E-state index < -0.39 is 26.7 Å². The molecule has 1 aromatic heterocycles. The summed E-state index contributed by atoms with van der Waals surface area (Å²) >= 11 is 0. The fourth-order valence-corrected chi connectivity index (χ4v) is 5.15. The van der Waals surface area contributed by atoms with Gasteiger partial charge in [0.1, 0.15) is 0 Å². The average molecular weight is 478 g/mol. The van der Waals surface area contributed by atoms with Crippen LogP contribution in [-0.2, 0) is 16.2 Å². The fraction of sp³-hybridized carbons (Fsp3) is 0.273. The van der Waals surface area contributed by atoms with Crippen molar-refractivity contribution in [3.05, 3.63) is 77.6 Å². The molecule has 4 rings (SSSR count). The van der Waals surface area contributed by atoms with E-state index >= 15 is 0 Å². The number of carbonyl (C=O) groups is 1. The zero-order valence-electron chi connectivity index (χ0n) is 17.7. The van der Waals surface area contributed by atoms with Crippen LogP contribution in [0.1, 0.15) is 21.6 Å². The molecule has 1 aliphatic heterocycles. The summed E-state index contributed by atoms with van der Waals surface area (Å²) in [5, 5.41) is 4.22. The third kappa shape index (κ3) is 4.64. The molecule has 7 nitrogen and oxygen atoms in total. The summed E-state index contributed by atoms with van der Waals surface area (Å²) in [6, 6.07) is 12.5. The maximum Gasteiger partial charge on any atom is 0.416 e. The quantitative estimate of drug-likeness (QED) is 0.577. The van der Waals surface area contributed by atoms with Crippen molar-refractivity contribution in [3.63, 3.8) is 0 Å². The Labute approximate surface area is 189 Å². The minimum Gasteiger partial charge on any atom is -0.336 e. The number of rotatable bonds is 4. The zero-order chi connectivity index (χ0) is 23.8. The molecule has 0 atom stereocenters. The number of halogens is 3. The van der Waals surface area contributed by atoms with Crippen molar-refractivity contribution in [1.29, 1.82) is 0 Å². The molecule has 1 amide bonds. The molecular formula is C22H21F3N4O3S. The normalized spacial score (nSPS) is 15.6. The van der Waals surface area contributed by atoms with Crippen LogP contribution >= 0.6 is 0 Å². The molecule has 0 N–H and O–H groups in total. The Balaban J connectivity index is 1.43. The van der Waals surface area contributed by atoms with Crippen molar-refractivity contribution < 1.29 is 26.4 Å². The lowest BCUT2D eigenvalue weighted by atomic mass is 10.1. The first-order chi connectivity index (χ1) is 15.6.